The second kappa shape index (κ2) is 5.42. The summed E-state index contributed by atoms with van der Waals surface area (Å²) in [6, 6.07) is 11.0. The molecule has 92 valence electrons. The van der Waals surface area contributed by atoms with Gasteiger partial charge in [0.05, 0.1) is 5.56 Å². The molecule has 2 aromatic rings. The van der Waals surface area contributed by atoms with E-state index in [0.29, 0.717) is 17.8 Å². The van der Waals surface area contributed by atoms with Crippen LogP contribution in [-0.4, -0.2) is 10.9 Å². The number of para-hydroxylation sites is 1. The average Bonchev–Trinajstić information content (AvgIpc) is 2.39. The van der Waals surface area contributed by atoms with Crippen LogP contribution in [0.1, 0.15) is 21.6 Å². The fourth-order valence-corrected chi connectivity index (χ4v) is 1.73. The molecule has 0 spiro atoms. The van der Waals surface area contributed by atoms with Gasteiger partial charge < -0.3 is 11.1 Å². The Morgan fingerprint density at radius 1 is 1.28 bits per heavy atom. The van der Waals surface area contributed by atoms with Crippen LogP contribution in [0.3, 0.4) is 0 Å². The Morgan fingerprint density at radius 3 is 2.78 bits per heavy atom. The molecular formula is C14H15N3O. The largest absolute Gasteiger partial charge is 0.326 e. The number of benzene rings is 1. The van der Waals surface area contributed by atoms with Gasteiger partial charge in [0.15, 0.2) is 0 Å². The van der Waals surface area contributed by atoms with Crippen molar-refractivity contribution >= 4 is 11.6 Å². The van der Waals surface area contributed by atoms with E-state index in [1.165, 1.54) is 0 Å². The topological polar surface area (TPSA) is 68.0 Å². The molecule has 0 fully saturated rings. The number of amides is 1. The summed E-state index contributed by atoms with van der Waals surface area (Å²) in [6.07, 6.45) is 1.67. The summed E-state index contributed by atoms with van der Waals surface area (Å²) in [6.45, 7) is 2.20. The minimum absolute atomic E-state index is 0.165. The van der Waals surface area contributed by atoms with Gasteiger partial charge in [0.1, 0.15) is 0 Å². The van der Waals surface area contributed by atoms with Crippen molar-refractivity contribution in [3.05, 3.63) is 59.4 Å². The molecule has 0 aliphatic heterocycles. The highest BCUT2D eigenvalue weighted by Crippen LogP contribution is 2.16. The Kier molecular flexibility index (Phi) is 3.69. The van der Waals surface area contributed by atoms with Crippen molar-refractivity contribution in [3.63, 3.8) is 0 Å². The SMILES string of the molecule is Cc1ncccc1C(=O)Nc1ccccc1CN. The first-order chi connectivity index (χ1) is 8.72. The third-order valence-corrected chi connectivity index (χ3v) is 2.74. The van der Waals surface area contributed by atoms with Gasteiger partial charge in [0.25, 0.3) is 5.91 Å². The van der Waals surface area contributed by atoms with Crippen LogP contribution in [0.4, 0.5) is 5.69 Å². The molecule has 0 radical (unpaired) electrons. The molecule has 1 aromatic carbocycles. The number of pyridine rings is 1. The maximum atomic E-state index is 12.1. The van der Waals surface area contributed by atoms with Gasteiger partial charge in [-0.25, -0.2) is 0 Å². The number of hydrogen-bond donors (Lipinski definition) is 2. The van der Waals surface area contributed by atoms with Crippen LogP contribution in [0, 0.1) is 6.92 Å². The molecule has 1 heterocycles. The van der Waals surface area contributed by atoms with Crippen molar-refractivity contribution in [1.82, 2.24) is 4.98 Å². The molecule has 1 aromatic heterocycles. The molecule has 4 heteroatoms. The van der Waals surface area contributed by atoms with Crippen molar-refractivity contribution in [2.75, 3.05) is 5.32 Å². The van der Waals surface area contributed by atoms with E-state index in [1.807, 2.05) is 31.2 Å². The van der Waals surface area contributed by atoms with E-state index >= 15 is 0 Å². The summed E-state index contributed by atoms with van der Waals surface area (Å²) >= 11 is 0. The van der Waals surface area contributed by atoms with Gasteiger partial charge in [-0.15, -0.1) is 0 Å². The third-order valence-electron chi connectivity index (χ3n) is 2.74. The van der Waals surface area contributed by atoms with Gasteiger partial charge >= 0.3 is 0 Å². The smallest absolute Gasteiger partial charge is 0.257 e. The summed E-state index contributed by atoms with van der Waals surface area (Å²) in [5.74, 6) is -0.165. The van der Waals surface area contributed by atoms with Gasteiger partial charge in [0, 0.05) is 24.1 Å². The van der Waals surface area contributed by atoms with Crippen LogP contribution in [0.2, 0.25) is 0 Å². The minimum atomic E-state index is -0.165. The van der Waals surface area contributed by atoms with Crippen LogP contribution >= 0.6 is 0 Å². The Hall–Kier alpha value is -2.20. The highest BCUT2D eigenvalue weighted by molar-refractivity contribution is 6.05. The highest BCUT2D eigenvalue weighted by Gasteiger charge is 2.10. The lowest BCUT2D eigenvalue weighted by atomic mass is 10.1. The fraction of sp³-hybridized carbons (Fsp3) is 0.143. The molecule has 0 unspecified atom stereocenters. The number of nitrogens with zero attached hydrogens (tertiary/aromatic N) is 1. The summed E-state index contributed by atoms with van der Waals surface area (Å²) in [5, 5.41) is 2.86. The molecule has 0 atom stereocenters. The zero-order valence-electron chi connectivity index (χ0n) is 10.2. The van der Waals surface area contributed by atoms with E-state index < -0.39 is 0 Å². The molecule has 0 aliphatic rings. The number of nitrogens with two attached hydrogens (primary N) is 1. The number of carbonyl (C=O) groups excluding carboxylic acids is 1. The second-order valence-electron chi connectivity index (χ2n) is 3.95. The predicted octanol–water partition coefficient (Wildman–Crippen LogP) is 2.10. The quantitative estimate of drug-likeness (QED) is 0.864. The number of hydrogen-bond acceptors (Lipinski definition) is 3. The number of aryl methyl sites for hydroxylation is 1. The molecular weight excluding hydrogens is 226 g/mol. The lowest BCUT2D eigenvalue weighted by Crippen LogP contribution is -2.15. The number of anilines is 1. The lowest BCUT2D eigenvalue weighted by Gasteiger charge is -2.10. The summed E-state index contributed by atoms with van der Waals surface area (Å²) < 4.78 is 0. The van der Waals surface area contributed by atoms with Crippen molar-refractivity contribution in [3.8, 4) is 0 Å². The molecule has 3 N–H and O–H groups in total. The Balaban J connectivity index is 2.24. The number of rotatable bonds is 3. The first-order valence-electron chi connectivity index (χ1n) is 5.73. The van der Waals surface area contributed by atoms with Gasteiger partial charge in [-0.1, -0.05) is 18.2 Å². The zero-order chi connectivity index (χ0) is 13.0. The zero-order valence-corrected chi connectivity index (χ0v) is 10.2. The van der Waals surface area contributed by atoms with E-state index in [-0.39, 0.29) is 5.91 Å². The standard InChI is InChI=1S/C14H15N3O/c1-10-12(6-4-8-16-10)14(18)17-13-7-3-2-5-11(13)9-15/h2-8H,9,15H2,1H3,(H,17,18). The van der Waals surface area contributed by atoms with Crippen LogP contribution in [-0.2, 0) is 6.54 Å². The molecule has 2 rings (SSSR count). The van der Waals surface area contributed by atoms with Crippen LogP contribution < -0.4 is 11.1 Å². The van der Waals surface area contributed by atoms with E-state index in [2.05, 4.69) is 10.3 Å². The molecule has 0 saturated heterocycles. The monoisotopic (exact) mass is 241 g/mol. The number of carbonyl (C=O) groups is 1. The molecule has 18 heavy (non-hydrogen) atoms. The van der Waals surface area contributed by atoms with Crippen molar-refractivity contribution < 1.29 is 4.79 Å². The van der Waals surface area contributed by atoms with Gasteiger partial charge in [0.2, 0.25) is 0 Å². The normalized spacial score (nSPS) is 10.1. The summed E-state index contributed by atoms with van der Waals surface area (Å²) in [7, 11) is 0. The maximum absolute atomic E-state index is 12.1. The minimum Gasteiger partial charge on any atom is -0.326 e. The molecule has 1 amide bonds. The summed E-state index contributed by atoms with van der Waals surface area (Å²) in [4.78, 5) is 16.2. The van der Waals surface area contributed by atoms with E-state index in [4.69, 9.17) is 5.73 Å². The van der Waals surface area contributed by atoms with Gasteiger partial charge in [-0.2, -0.15) is 0 Å². The van der Waals surface area contributed by atoms with Crippen LogP contribution in [0.5, 0.6) is 0 Å². The van der Waals surface area contributed by atoms with Crippen LogP contribution in [0.15, 0.2) is 42.6 Å². The summed E-state index contributed by atoms with van der Waals surface area (Å²) in [5.41, 5.74) is 8.57. The first kappa shape index (κ1) is 12.3. The number of nitrogens with one attached hydrogen (secondary N) is 1. The molecule has 0 saturated carbocycles. The lowest BCUT2D eigenvalue weighted by molar-refractivity contribution is 0.102. The second-order valence-corrected chi connectivity index (χ2v) is 3.95. The van der Waals surface area contributed by atoms with Crippen molar-refractivity contribution in [2.24, 2.45) is 5.73 Å². The average molecular weight is 241 g/mol. The Labute approximate surface area is 106 Å². The van der Waals surface area contributed by atoms with E-state index in [1.54, 1.807) is 18.3 Å². The van der Waals surface area contributed by atoms with Crippen LogP contribution in [0.25, 0.3) is 0 Å². The van der Waals surface area contributed by atoms with Crippen molar-refractivity contribution in [1.29, 1.82) is 0 Å². The Morgan fingerprint density at radius 2 is 2.06 bits per heavy atom. The first-order valence-corrected chi connectivity index (χ1v) is 5.73. The number of aromatic nitrogens is 1. The van der Waals surface area contributed by atoms with Gasteiger partial charge in [-0.3, -0.25) is 9.78 Å². The predicted molar refractivity (Wildman–Crippen MR) is 71.3 cm³/mol. The fourth-order valence-electron chi connectivity index (χ4n) is 1.73. The molecule has 4 nitrogen and oxygen atoms in total. The third kappa shape index (κ3) is 2.55. The van der Waals surface area contributed by atoms with E-state index in [9.17, 15) is 4.79 Å². The molecule has 0 bridgehead atoms. The molecule has 0 aliphatic carbocycles. The highest BCUT2D eigenvalue weighted by atomic mass is 16.1. The van der Waals surface area contributed by atoms with Gasteiger partial charge in [-0.05, 0) is 30.7 Å². The Bertz CT molecular complexity index is 566. The van der Waals surface area contributed by atoms with E-state index in [0.717, 1.165) is 11.3 Å². The maximum Gasteiger partial charge on any atom is 0.257 e. The van der Waals surface area contributed by atoms with Crippen molar-refractivity contribution in [2.45, 2.75) is 13.5 Å².